The number of hydrogen-bond donors (Lipinski definition) is 2. The highest BCUT2D eigenvalue weighted by Crippen LogP contribution is 2.15. The van der Waals surface area contributed by atoms with Gasteiger partial charge in [-0.25, -0.2) is 4.79 Å². The normalized spacial score (nSPS) is 10.5. The predicted octanol–water partition coefficient (Wildman–Crippen LogP) is 2.01. The Morgan fingerprint density at radius 1 is 1.33 bits per heavy atom. The molecule has 0 radical (unpaired) electrons. The van der Waals surface area contributed by atoms with Gasteiger partial charge in [0.1, 0.15) is 0 Å². The molecule has 1 aromatic rings. The van der Waals surface area contributed by atoms with Gasteiger partial charge in [0, 0.05) is 24.7 Å². The second-order valence-electron chi connectivity index (χ2n) is 4.50. The summed E-state index contributed by atoms with van der Waals surface area (Å²) in [6.45, 7) is 3.92. The summed E-state index contributed by atoms with van der Waals surface area (Å²) >= 11 is 5.94. The van der Waals surface area contributed by atoms with Gasteiger partial charge in [0.25, 0.3) is 0 Å². The SMILES string of the molecule is Cc1cc(CNC(=O)NCCN(C)C)ccc1Cl. The topological polar surface area (TPSA) is 44.4 Å². The molecule has 1 rings (SSSR count). The van der Waals surface area contributed by atoms with Crippen molar-refractivity contribution in [2.45, 2.75) is 13.5 Å². The van der Waals surface area contributed by atoms with Crippen LogP contribution in [0.5, 0.6) is 0 Å². The monoisotopic (exact) mass is 269 g/mol. The molecule has 0 saturated heterocycles. The molecule has 18 heavy (non-hydrogen) atoms. The van der Waals surface area contributed by atoms with Crippen LogP contribution in [0.3, 0.4) is 0 Å². The number of halogens is 1. The molecule has 0 aliphatic carbocycles. The molecule has 0 atom stereocenters. The van der Waals surface area contributed by atoms with Crippen molar-refractivity contribution in [1.29, 1.82) is 0 Å². The highest BCUT2D eigenvalue weighted by atomic mass is 35.5. The van der Waals surface area contributed by atoms with Crippen LogP contribution in [0.15, 0.2) is 18.2 Å². The maximum absolute atomic E-state index is 11.5. The van der Waals surface area contributed by atoms with Crippen LogP contribution in [-0.4, -0.2) is 38.1 Å². The summed E-state index contributed by atoms with van der Waals surface area (Å²) in [7, 11) is 3.94. The van der Waals surface area contributed by atoms with Crippen molar-refractivity contribution in [3.8, 4) is 0 Å². The van der Waals surface area contributed by atoms with Crippen LogP contribution >= 0.6 is 11.6 Å². The van der Waals surface area contributed by atoms with E-state index in [4.69, 9.17) is 11.6 Å². The minimum atomic E-state index is -0.149. The van der Waals surface area contributed by atoms with Gasteiger partial charge in [0.15, 0.2) is 0 Å². The van der Waals surface area contributed by atoms with E-state index in [1.54, 1.807) is 0 Å². The van der Waals surface area contributed by atoms with Crippen LogP contribution < -0.4 is 10.6 Å². The summed E-state index contributed by atoms with van der Waals surface area (Å²) in [6.07, 6.45) is 0. The number of nitrogens with one attached hydrogen (secondary N) is 2. The molecule has 0 fully saturated rings. The highest BCUT2D eigenvalue weighted by molar-refractivity contribution is 6.31. The number of likely N-dealkylation sites (N-methyl/N-ethyl adjacent to an activating group) is 1. The minimum Gasteiger partial charge on any atom is -0.337 e. The molecular formula is C13H20ClN3O. The average molecular weight is 270 g/mol. The number of nitrogens with zero attached hydrogens (tertiary/aromatic N) is 1. The van der Waals surface area contributed by atoms with Gasteiger partial charge < -0.3 is 15.5 Å². The fourth-order valence-electron chi connectivity index (χ4n) is 1.45. The molecule has 0 aliphatic rings. The Balaban J connectivity index is 2.31. The molecule has 0 aromatic heterocycles. The average Bonchev–Trinajstić information content (AvgIpc) is 2.30. The summed E-state index contributed by atoms with van der Waals surface area (Å²) in [6, 6.07) is 5.58. The fourth-order valence-corrected chi connectivity index (χ4v) is 1.57. The molecule has 0 aliphatic heterocycles. The van der Waals surface area contributed by atoms with Crippen molar-refractivity contribution in [1.82, 2.24) is 15.5 Å². The predicted molar refractivity (Wildman–Crippen MR) is 75.0 cm³/mol. The zero-order chi connectivity index (χ0) is 13.5. The lowest BCUT2D eigenvalue weighted by Crippen LogP contribution is -2.38. The number of hydrogen-bond acceptors (Lipinski definition) is 2. The van der Waals surface area contributed by atoms with E-state index in [0.29, 0.717) is 13.1 Å². The lowest BCUT2D eigenvalue weighted by atomic mass is 10.1. The smallest absolute Gasteiger partial charge is 0.315 e. The van der Waals surface area contributed by atoms with Crippen molar-refractivity contribution in [2.24, 2.45) is 0 Å². The van der Waals surface area contributed by atoms with E-state index in [0.717, 1.165) is 22.7 Å². The fraction of sp³-hybridized carbons (Fsp3) is 0.462. The molecule has 5 heteroatoms. The zero-order valence-electron chi connectivity index (χ0n) is 11.1. The lowest BCUT2D eigenvalue weighted by Gasteiger charge is -2.11. The van der Waals surface area contributed by atoms with Gasteiger partial charge in [0.2, 0.25) is 0 Å². The third-order valence-corrected chi connectivity index (χ3v) is 2.94. The summed E-state index contributed by atoms with van der Waals surface area (Å²) in [5.41, 5.74) is 2.06. The van der Waals surface area contributed by atoms with Crippen LogP contribution in [0.4, 0.5) is 4.79 Å². The van der Waals surface area contributed by atoms with Crippen LogP contribution in [0.1, 0.15) is 11.1 Å². The van der Waals surface area contributed by atoms with E-state index in [-0.39, 0.29) is 6.03 Å². The molecule has 4 nitrogen and oxygen atoms in total. The largest absolute Gasteiger partial charge is 0.337 e. The second-order valence-corrected chi connectivity index (χ2v) is 4.90. The zero-order valence-corrected chi connectivity index (χ0v) is 11.8. The van der Waals surface area contributed by atoms with Gasteiger partial charge in [-0.05, 0) is 38.2 Å². The molecule has 0 bridgehead atoms. The van der Waals surface area contributed by atoms with Crippen LogP contribution in [0, 0.1) is 6.92 Å². The van der Waals surface area contributed by atoms with Crippen molar-refractivity contribution in [3.05, 3.63) is 34.3 Å². The first kappa shape index (κ1) is 14.8. The van der Waals surface area contributed by atoms with Crippen LogP contribution in [0.25, 0.3) is 0 Å². The summed E-state index contributed by atoms with van der Waals surface area (Å²) in [5.74, 6) is 0. The standard InChI is InChI=1S/C13H20ClN3O/c1-10-8-11(4-5-12(10)14)9-16-13(18)15-6-7-17(2)3/h4-5,8H,6-7,9H2,1-3H3,(H2,15,16,18). The van der Waals surface area contributed by atoms with Gasteiger partial charge >= 0.3 is 6.03 Å². The number of rotatable bonds is 5. The van der Waals surface area contributed by atoms with E-state index in [9.17, 15) is 4.79 Å². The van der Waals surface area contributed by atoms with E-state index >= 15 is 0 Å². The quantitative estimate of drug-likeness (QED) is 0.859. The Morgan fingerprint density at radius 3 is 2.67 bits per heavy atom. The minimum absolute atomic E-state index is 0.149. The van der Waals surface area contributed by atoms with Gasteiger partial charge in [-0.3, -0.25) is 0 Å². The van der Waals surface area contributed by atoms with Gasteiger partial charge in [0.05, 0.1) is 0 Å². The van der Waals surface area contributed by atoms with E-state index in [1.165, 1.54) is 0 Å². The summed E-state index contributed by atoms with van der Waals surface area (Å²) in [5, 5.41) is 6.34. The Kier molecular flexibility index (Phi) is 5.95. The Hall–Kier alpha value is -1.26. The molecule has 1 aromatic carbocycles. The number of urea groups is 1. The molecule has 0 unspecified atom stereocenters. The Morgan fingerprint density at radius 2 is 2.06 bits per heavy atom. The first-order chi connectivity index (χ1) is 8.49. The van der Waals surface area contributed by atoms with E-state index in [1.807, 2.05) is 44.1 Å². The molecule has 100 valence electrons. The van der Waals surface area contributed by atoms with Crippen molar-refractivity contribution in [3.63, 3.8) is 0 Å². The third-order valence-electron chi connectivity index (χ3n) is 2.52. The Bertz CT molecular complexity index is 407. The number of aryl methyl sites for hydroxylation is 1. The molecule has 0 saturated carbocycles. The van der Waals surface area contributed by atoms with Crippen molar-refractivity contribution in [2.75, 3.05) is 27.2 Å². The Labute approximate surface area is 113 Å². The number of carbonyl (C=O) groups is 1. The lowest BCUT2D eigenvalue weighted by molar-refractivity contribution is 0.239. The maximum Gasteiger partial charge on any atom is 0.315 e. The van der Waals surface area contributed by atoms with E-state index in [2.05, 4.69) is 10.6 Å². The molecule has 2 amide bonds. The third kappa shape index (κ3) is 5.38. The first-order valence-corrected chi connectivity index (χ1v) is 6.28. The molecule has 0 heterocycles. The second kappa shape index (κ2) is 7.24. The number of benzene rings is 1. The number of carbonyl (C=O) groups excluding carboxylic acids is 1. The summed E-state index contributed by atoms with van der Waals surface area (Å²) in [4.78, 5) is 13.5. The number of amides is 2. The highest BCUT2D eigenvalue weighted by Gasteiger charge is 2.01. The molecular weight excluding hydrogens is 250 g/mol. The summed E-state index contributed by atoms with van der Waals surface area (Å²) < 4.78 is 0. The van der Waals surface area contributed by atoms with Crippen molar-refractivity contribution >= 4 is 17.6 Å². The van der Waals surface area contributed by atoms with Crippen molar-refractivity contribution < 1.29 is 4.79 Å². The molecule has 2 N–H and O–H groups in total. The van der Waals surface area contributed by atoms with E-state index < -0.39 is 0 Å². The van der Waals surface area contributed by atoms with Crippen LogP contribution in [0.2, 0.25) is 5.02 Å². The van der Waals surface area contributed by atoms with Gasteiger partial charge in [-0.2, -0.15) is 0 Å². The van der Waals surface area contributed by atoms with Gasteiger partial charge in [-0.15, -0.1) is 0 Å². The maximum atomic E-state index is 11.5. The van der Waals surface area contributed by atoms with Crippen LogP contribution in [-0.2, 0) is 6.54 Å². The van der Waals surface area contributed by atoms with Gasteiger partial charge in [-0.1, -0.05) is 23.7 Å². The molecule has 0 spiro atoms. The first-order valence-electron chi connectivity index (χ1n) is 5.90.